The number of hydrogen-bond acceptors (Lipinski definition) is 5. The molecule has 0 amide bonds. The van der Waals surface area contributed by atoms with Crippen molar-refractivity contribution in [2.75, 3.05) is 13.2 Å². The summed E-state index contributed by atoms with van der Waals surface area (Å²) >= 11 is 0. The third kappa shape index (κ3) is 5.65. The molecule has 2 heterocycles. The molecule has 0 unspecified atom stereocenters. The topological polar surface area (TPSA) is 97.0 Å². The van der Waals surface area contributed by atoms with Gasteiger partial charge in [0.1, 0.15) is 11.3 Å². The molecule has 0 spiro atoms. The fourth-order valence-corrected chi connectivity index (χ4v) is 4.72. The number of ether oxygens (including phenoxy) is 1. The van der Waals surface area contributed by atoms with Crippen LogP contribution in [0.5, 0.6) is 0 Å². The lowest BCUT2D eigenvalue weighted by atomic mass is 10.1. The molecule has 2 N–H and O–H groups in total. The Labute approximate surface area is 178 Å². The lowest BCUT2D eigenvalue weighted by Crippen LogP contribution is -2.39. The van der Waals surface area contributed by atoms with E-state index in [1.807, 2.05) is 32.0 Å². The summed E-state index contributed by atoms with van der Waals surface area (Å²) in [5.41, 5.74) is 3.63. The first-order chi connectivity index (χ1) is 14.3. The Bertz CT molecular complexity index is 1080. The SMILES string of the molecule is CCOC[C@H](CC(C)C)NS(=O)(=O)c1ccc(Cc2nccc3[nH]c(C)nc23)cc1. The zero-order chi connectivity index (χ0) is 21.7. The van der Waals surface area contributed by atoms with Crippen LogP contribution in [-0.2, 0) is 21.2 Å². The van der Waals surface area contributed by atoms with Crippen molar-refractivity contribution >= 4 is 21.1 Å². The minimum absolute atomic E-state index is 0.248. The molecule has 3 rings (SSSR count). The second-order valence-electron chi connectivity index (χ2n) is 7.90. The van der Waals surface area contributed by atoms with E-state index in [4.69, 9.17) is 4.74 Å². The van der Waals surface area contributed by atoms with Crippen molar-refractivity contribution < 1.29 is 13.2 Å². The van der Waals surface area contributed by atoms with Crippen molar-refractivity contribution in [3.05, 3.63) is 53.6 Å². The summed E-state index contributed by atoms with van der Waals surface area (Å²) in [4.78, 5) is 12.4. The lowest BCUT2D eigenvalue weighted by molar-refractivity contribution is 0.122. The molecule has 8 heteroatoms. The van der Waals surface area contributed by atoms with Crippen LogP contribution in [0.4, 0.5) is 0 Å². The largest absolute Gasteiger partial charge is 0.380 e. The Morgan fingerprint density at radius 3 is 2.57 bits per heavy atom. The molecule has 0 bridgehead atoms. The van der Waals surface area contributed by atoms with Gasteiger partial charge in [-0.3, -0.25) is 4.98 Å². The Kier molecular flexibility index (Phi) is 7.23. The van der Waals surface area contributed by atoms with E-state index in [1.54, 1.807) is 18.3 Å². The molecule has 0 fully saturated rings. The van der Waals surface area contributed by atoms with Gasteiger partial charge >= 0.3 is 0 Å². The van der Waals surface area contributed by atoms with E-state index in [0.29, 0.717) is 25.6 Å². The summed E-state index contributed by atoms with van der Waals surface area (Å²) in [7, 11) is -3.62. The highest BCUT2D eigenvalue weighted by molar-refractivity contribution is 7.89. The van der Waals surface area contributed by atoms with Crippen LogP contribution in [0.3, 0.4) is 0 Å². The molecular weight excluding hydrogens is 400 g/mol. The minimum atomic E-state index is -3.62. The predicted molar refractivity (Wildman–Crippen MR) is 118 cm³/mol. The molecule has 0 aliphatic rings. The molecule has 1 atom stereocenters. The average molecular weight is 431 g/mol. The first-order valence-corrected chi connectivity index (χ1v) is 11.8. The van der Waals surface area contributed by atoms with Crippen LogP contribution in [0.25, 0.3) is 11.0 Å². The third-order valence-electron chi connectivity index (χ3n) is 4.80. The quantitative estimate of drug-likeness (QED) is 0.512. The number of nitrogens with one attached hydrogen (secondary N) is 2. The number of hydrogen-bond donors (Lipinski definition) is 2. The number of sulfonamides is 1. The molecule has 0 saturated carbocycles. The Hall–Kier alpha value is -2.29. The summed E-state index contributed by atoms with van der Waals surface area (Å²) in [6, 6.07) is 8.58. The van der Waals surface area contributed by atoms with Gasteiger partial charge in [-0.2, -0.15) is 0 Å². The fraction of sp³-hybridized carbons (Fsp3) is 0.455. The van der Waals surface area contributed by atoms with Crippen molar-refractivity contribution in [3.63, 3.8) is 0 Å². The molecule has 162 valence electrons. The highest BCUT2D eigenvalue weighted by atomic mass is 32.2. The average Bonchev–Trinajstić information content (AvgIpc) is 3.07. The van der Waals surface area contributed by atoms with Crippen molar-refractivity contribution in [1.29, 1.82) is 0 Å². The monoisotopic (exact) mass is 430 g/mol. The highest BCUT2D eigenvalue weighted by Crippen LogP contribution is 2.19. The number of aromatic amines is 1. The maximum absolute atomic E-state index is 12.8. The number of aromatic nitrogens is 3. The predicted octanol–water partition coefficient (Wildman–Crippen LogP) is 3.59. The normalized spacial score (nSPS) is 13.2. The van der Waals surface area contributed by atoms with E-state index < -0.39 is 10.0 Å². The number of aryl methyl sites for hydroxylation is 1. The van der Waals surface area contributed by atoms with E-state index in [0.717, 1.165) is 34.5 Å². The van der Waals surface area contributed by atoms with Crippen LogP contribution in [-0.4, -0.2) is 42.6 Å². The van der Waals surface area contributed by atoms with Crippen molar-refractivity contribution in [1.82, 2.24) is 19.7 Å². The number of benzene rings is 1. The van der Waals surface area contributed by atoms with Crippen LogP contribution in [0.15, 0.2) is 41.4 Å². The fourth-order valence-electron chi connectivity index (χ4n) is 3.49. The van der Waals surface area contributed by atoms with E-state index in [2.05, 4.69) is 33.5 Å². The minimum Gasteiger partial charge on any atom is -0.380 e. The highest BCUT2D eigenvalue weighted by Gasteiger charge is 2.21. The summed E-state index contributed by atoms with van der Waals surface area (Å²) < 4.78 is 33.9. The number of H-pyrrole nitrogens is 1. The van der Waals surface area contributed by atoms with E-state index >= 15 is 0 Å². The standard InChI is InChI=1S/C22H30N4O3S/c1-5-29-14-18(12-15(2)3)26-30(27,28)19-8-6-17(7-9-19)13-21-22-20(10-11-23-21)24-16(4)25-22/h6-11,15,18,26H,5,12-14H2,1-4H3,(H,24,25)/t18-/m0/s1. The molecule has 0 saturated heterocycles. The van der Waals surface area contributed by atoms with Gasteiger partial charge in [0.15, 0.2) is 0 Å². The summed E-state index contributed by atoms with van der Waals surface area (Å²) in [5.74, 6) is 1.20. The second-order valence-corrected chi connectivity index (χ2v) is 9.62. The maximum atomic E-state index is 12.8. The van der Waals surface area contributed by atoms with Crippen LogP contribution in [0.1, 0.15) is 44.3 Å². The molecule has 0 aliphatic carbocycles. The maximum Gasteiger partial charge on any atom is 0.240 e. The van der Waals surface area contributed by atoms with Crippen molar-refractivity contribution in [2.24, 2.45) is 5.92 Å². The number of pyridine rings is 1. The van der Waals surface area contributed by atoms with Crippen LogP contribution in [0.2, 0.25) is 0 Å². The van der Waals surface area contributed by atoms with Gasteiger partial charge in [-0.15, -0.1) is 0 Å². The molecule has 7 nitrogen and oxygen atoms in total. The number of imidazole rings is 1. The molecule has 0 aliphatic heterocycles. The number of nitrogens with zero attached hydrogens (tertiary/aromatic N) is 2. The van der Waals surface area contributed by atoms with Gasteiger partial charge in [0.05, 0.1) is 22.7 Å². The molecule has 3 aromatic rings. The van der Waals surface area contributed by atoms with Gasteiger partial charge in [0.2, 0.25) is 10.0 Å². The molecule has 2 aromatic heterocycles. The van der Waals surface area contributed by atoms with Gasteiger partial charge in [-0.1, -0.05) is 26.0 Å². The lowest BCUT2D eigenvalue weighted by Gasteiger charge is -2.20. The smallest absolute Gasteiger partial charge is 0.240 e. The Balaban J connectivity index is 1.74. The Morgan fingerprint density at radius 2 is 1.90 bits per heavy atom. The van der Waals surface area contributed by atoms with Gasteiger partial charge in [0.25, 0.3) is 0 Å². The number of rotatable bonds is 10. The first-order valence-electron chi connectivity index (χ1n) is 10.3. The molecule has 30 heavy (non-hydrogen) atoms. The summed E-state index contributed by atoms with van der Waals surface area (Å²) in [6.45, 7) is 8.87. The van der Waals surface area contributed by atoms with E-state index in [-0.39, 0.29) is 10.9 Å². The van der Waals surface area contributed by atoms with E-state index in [9.17, 15) is 8.42 Å². The van der Waals surface area contributed by atoms with Gasteiger partial charge in [-0.05, 0) is 49.9 Å². The van der Waals surface area contributed by atoms with Crippen LogP contribution >= 0.6 is 0 Å². The third-order valence-corrected chi connectivity index (χ3v) is 6.34. The van der Waals surface area contributed by atoms with Crippen LogP contribution in [0, 0.1) is 12.8 Å². The van der Waals surface area contributed by atoms with Crippen molar-refractivity contribution in [3.8, 4) is 0 Å². The summed E-state index contributed by atoms with van der Waals surface area (Å²) in [6.07, 6.45) is 3.05. The Morgan fingerprint density at radius 1 is 1.17 bits per heavy atom. The summed E-state index contributed by atoms with van der Waals surface area (Å²) in [5, 5.41) is 0. The van der Waals surface area contributed by atoms with Gasteiger partial charge in [0, 0.05) is 25.3 Å². The van der Waals surface area contributed by atoms with Crippen LogP contribution < -0.4 is 4.72 Å². The van der Waals surface area contributed by atoms with Gasteiger partial charge < -0.3 is 9.72 Å². The van der Waals surface area contributed by atoms with Crippen molar-refractivity contribution in [2.45, 2.75) is 51.5 Å². The van der Waals surface area contributed by atoms with Gasteiger partial charge in [-0.25, -0.2) is 18.1 Å². The second kappa shape index (κ2) is 9.68. The first kappa shape index (κ1) is 22.4. The number of fused-ring (bicyclic) bond motifs is 1. The zero-order valence-electron chi connectivity index (χ0n) is 18.0. The molecular formula is C22H30N4O3S. The molecule has 1 aromatic carbocycles. The van der Waals surface area contributed by atoms with E-state index in [1.165, 1.54) is 0 Å². The molecule has 0 radical (unpaired) electrons. The zero-order valence-corrected chi connectivity index (χ0v) is 18.8.